The maximum atomic E-state index is 14.7. The topological polar surface area (TPSA) is 74.7 Å². The zero-order chi connectivity index (χ0) is 37.5. The molecule has 1 aliphatic carbocycles. The Labute approximate surface area is 305 Å². The fourth-order valence-electron chi connectivity index (χ4n) is 6.88. The SMILES string of the molecule is CCN(CC)c1ccc2c(c1)sc1cc(-c3cc(C(F)(F)F)c(C4(C)SC(/C=C5/C(=O)c6ccc(C(=O)O)cc6C5=O)=CC4C(F)(F)F)s3)ccc12. The highest BCUT2D eigenvalue weighted by molar-refractivity contribution is 8.04. The number of hydrogen-bond donors (Lipinski definition) is 1. The highest BCUT2D eigenvalue weighted by Crippen LogP contribution is 2.62. The zero-order valence-electron chi connectivity index (χ0n) is 27.5. The minimum Gasteiger partial charge on any atom is -0.478 e. The summed E-state index contributed by atoms with van der Waals surface area (Å²) in [6, 6.07) is 15.6. The molecule has 268 valence electrons. The number of thiophene rings is 2. The summed E-state index contributed by atoms with van der Waals surface area (Å²) in [7, 11) is 0. The molecular formula is C38H27F6NO4S3. The molecule has 3 aromatic carbocycles. The summed E-state index contributed by atoms with van der Waals surface area (Å²) < 4.78 is 87.9. The van der Waals surface area contributed by atoms with Gasteiger partial charge in [-0.1, -0.05) is 24.3 Å². The van der Waals surface area contributed by atoms with Crippen LogP contribution in [-0.4, -0.2) is 41.9 Å². The van der Waals surface area contributed by atoms with Crippen LogP contribution < -0.4 is 4.90 Å². The van der Waals surface area contributed by atoms with Gasteiger partial charge in [-0.25, -0.2) is 4.79 Å². The Bertz CT molecular complexity index is 2400. The number of carboxylic acids is 1. The number of allylic oxidation sites excluding steroid dienone is 3. The summed E-state index contributed by atoms with van der Waals surface area (Å²) in [5.74, 6) is -5.44. The highest BCUT2D eigenvalue weighted by atomic mass is 32.2. The quantitative estimate of drug-likeness (QED) is 0.101. The van der Waals surface area contributed by atoms with Crippen molar-refractivity contribution < 1.29 is 45.8 Å². The van der Waals surface area contributed by atoms with E-state index < -0.39 is 56.6 Å². The smallest absolute Gasteiger partial charge is 0.417 e. The van der Waals surface area contributed by atoms with E-state index in [2.05, 4.69) is 24.8 Å². The fourth-order valence-corrected chi connectivity index (χ4v) is 11.0. The van der Waals surface area contributed by atoms with E-state index in [1.165, 1.54) is 11.3 Å². The lowest BCUT2D eigenvalue weighted by Gasteiger charge is -2.32. The molecule has 2 unspecified atom stereocenters. The van der Waals surface area contributed by atoms with Gasteiger partial charge in [-0.05, 0) is 74.9 Å². The first-order valence-electron chi connectivity index (χ1n) is 16.0. The Kier molecular flexibility index (Phi) is 8.74. The predicted octanol–water partition coefficient (Wildman–Crippen LogP) is 11.4. The lowest BCUT2D eigenvalue weighted by Crippen LogP contribution is -2.36. The second kappa shape index (κ2) is 12.6. The summed E-state index contributed by atoms with van der Waals surface area (Å²) >= 11 is 2.63. The second-order valence-electron chi connectivity index (χ2n) is 12.6. The van der Waals surface area contributed by atoms with E-state index in [1.54, 1.807) is 12.1 Å². The van der Waals surface area contributed by atoms with Crippen molar-refractivity contribution in [3.05, 3.63) is 110 Å². The summed E-state index contributed by atoms with van der Waals surface area (Å²) in [4.78, 5) is 39.3. The third kappa shape index (κ3) is 5.94. The maximum absolute atomic E-state index is 14.7. The van der Waals surface area contributed by atoms with Gasteiger partial charge in [-0.2, -0.15) is 26.3 Å². The van der Waals surface area contributed by atoms with Gasteiger partial charge in [0, 0.05) is 64.7 Å². The monoisotopic (exact) mass is 771 g/mol. The normalized spacial score (nSPS) is 20.0. The first-order valence-corrected chi connectivity index (χ1v) is 18.5. The first-order chi connectivity index (χ1) is 24.4. The molecule has 0 bridgehead atoms. The number of nitrogens with zero attached hydrogens (tertiary/aromatic N) is 1. The third-order valence-electron chi connectivity index (χ3n) is 9.50. The maximum Gasteiger partial charge on any atom is 0.417 e. The van der Waals surface area contributed by atoms with Crippen LogP contribution in [0.3, 0.4) is 0 Å². The molecule has 2 aliphatic rings. The van der Waals surface area contributed by atoms with E-state index in [0.29, 0.717) is 28.7 Å². The largest absolute Gasteiger partial charge is 0.478 e. The van der Waals surface area contributed by atoms with Gasteiger partial charge in [-0.15, -0.1) is 34.4 Å². The average Bonchev–Trinajstić information content (AvgIpc) is 3.84. The van der Waals surface area contributed by atoms with Gasteiger partial charge in [0.15, 0.2) is 11.6 Å². The molecule has 0 radical (unpaired) electrons. The number of anilines is 1. The Balaban J connectivity index is 1.29. The van der Waals surface area contributed by atoms with Gasteiger partial charge < -0.3 is 10.0 Å². The van der Waals surface area contributed by atoms with Crippen molar-refractivity contribution in [3.63, 3.8) is 0 Å². The molecule has 0 saturated carbocycles. The van der Waals surface area contributed by atoms with Crippen LogP contribution in [0.4, 0.5) is 32.0 Å². The Morgan fingerprint density at radius 2 is 1.52 bits per heavy atom. The number of ketones is 2. The van der Waals surface area contributed by atoms with Crippen molar-refractivity contribution >= 4 is 77.8 Å². The molecule has 1 aliphatic heterocycles. The Morgan fingerprint density at radius 1 is 0.865 bits per heavy atom. The molecule has 0 amide bonds. The van der Waals surface area contributed by atoms with Crippen LogP contribution in [0, 0.1) is 5.92 Å². The number of alkyl halides is 6. The van der Waals surface area contributed by atoms with Crippen molar-refractivity contribution in [1.82, 2.24) is 0 Å². The van der Waals surface area contributed by atoms with Crippen LogP contribution in [0.1, 0.15) is 62.3 Å². The van der Waals surface area contributed by atoms with Gasteiger partial charge >= 0.3 is 18.3 Å². The fraction of sp³-hybridized carbons (Fsp3) is 0.237. The molecule has 1 N–H and O–H groups in total. The summed E-state index contributed by atoms with van der Waals surface area (Å²) in [5, 5.41) is 11.2. The van der Waals surface area contributed by atoms with Crippen LogP contribution in [0.15, 0.2) is 83.3 Å². The number of benzene rings is 3. The number of thioether (sulfide) groups is 1. The molecule has 52 heavy (non-hydrogen) atoms. The molecule has 5 aromatic rings. The van der Waals surface area contributed by atoms with Crippen molar-refractivity contribution in [2.24, 2.45) is 5.92 Å². The van der Waals surface area contributed by atoms with Gasteiger partial charge in [0.25, 0.3) is 0 Å². The number of carboxylic acid groups (broad SMARTS) is 1. The van der Waals surface area contributed by atoms with Gasteiger partial charge in [0.05, 0.1) is 27.4 Å². The van der Waals surface area contributed by atoms with Crippen LogP contribution in [0.5, 0.6) is 0 Å². The lowest BCUT2D eigenvalue weighted by atomic mass is 9.88. The molecular weight excluding hydrogens is 745 g/mol. The lowest BCUT2D eigenvalue weighted by molar-refractivity contribution is -0.169. The number of aromatic carboxylic acids is 1. The van der Waals surface area contributed by atoms with Crippen molar-refractivity contribution in [3.8, 4) is 10.4 Å². The minimum atomic E-state index is -4.99. The van der Waals surface area contributed by atoms with E-state index in [-0.39, 0.29) is 26.5 Å². The molecule has 3 heterocycles. The number of carbonyl (C=O) groups excluding carboxylic acids is 2. The van der Waals surface area contributed by atoms with E-state index >= 15 is 0 Å². The minimum absolute atomic E-state index is 0.109. The van der Waals surface area contributed by atoms with E-state index in [0.717, 1.165) is 82.3 Å². The second-order valence-corrected chi connectivity index (χ2v) is 16.3. The molecule has 0 spiro atoms. The summed E-state index contributed by atoms with van der Waals surface area (Å²) in [6.07, 6.45) is -8.27. The number of Topliss-reactive ketones (excluding diaryl/α,β-unsaturated/α-hetero) is 2. The number of hydrogen-bond acceptors (Lipinski definition) is 7. The summed E-state index contributed by atoms with van der Waals surface area (Å²) in [6.45, 7) is 6.85. The average molecular weight is 772 g/mol. The predicted molar refractivity (Wildman–Crippen MR) is 194 cm³/mol. The molecule has 2 aromatic heterocycles. The molecule has 7 rings (SSSR count). The number of halogens is 6. The van der Waals surface area contributed by atoms with E-state index in [9.17, 15) is 45.8 Å². The van der Waals surface area contributed by atoms with Crippen LogP contribution in [-0.2, 0) is 10.9 Å². The van der Waals surface area contributed by atoms with E-state index in [4.69, 9.17) is 0 Å². The van der Waals surface area contributed by atoms with Crippen molar-refractivity contribution in [2.45, 2.75) is 37.9 Å². The van der Waals surface area contributed by atoms with Gasteiger partial charge in [-0.3, -0.25) is 9.59 Å². The van der Waals surface area contributed by atoms with Gasteiger partial charge in [0.1, 0.15) is 0 Å². The van der Waals surface area contributed by atoms with Crippen LogP contribution in [0.2, 0.25) is 0 Å². The number of fused-ring (bicyclic) bond motifs is 4. The Morgan fingerprint density at radius 3 is 2.15 bits per heavy atom. The third-order valence-corrected chi connectivity index (χ3v) is 13.5. The molecule has 0 saturated heterocycles. The Hall–Kier alpha value is -4.40. The van der Waals surface area contributed by atoms with Crippen molar-refractivity contribution in [2.75, 3.05) is 18.0 Å². The molecule has 14 heteroatoms. The number of carbonyl (C=O) groups is 3. The van der Waals surface area contributed by atoms with Crippen LogP contribution in [0.25, 0.3) is 30.6 Å². The molecule has 2 atom stereocenters. The zero-order valence-corrected chi connectivity index (χ0v) is 30.0. The molecule has 5 nitrogen and oxygen atoms in total. The van der Waals surface area contributed by atoms with Crippen LogP contribution >= 0.6 is 34.4 Å². The van der Waals surface area contributed by atoms with Gasteiger partial charge in [0.2, 0.25) is 0 Å². The standard InChI is InChI=1S/C38H27F6NO4S3/c1-4-45(5-2)20-8-11-23-22-9-6-18(13-29(22)50-30(23)14-20)28-17-27(37(39,40)41)34(51-28)36(3)31(38(42,43)44)16-21(52-36)15-26-32(46)24-10-7-19(35(48)49)12-25(24)33(26)47/h6-17,31H,4-5H2,1-3H3,(H,48,49)/b26-15-. The summed E-state index contributed by atoms with van der Waals surface area (Å²) in [5.41, 5.74) is -0.795. The molecule has 0 fully saturated rings. The number of rotatable bonds is 7. The van der Waals surface area contributed by atoms with E-state index in [1.807, 2.05) is 18.2 Å². The van der Waals surface area contributed by atoms with Crippen molar-refractivity contribution in [1.29, 1.82) is 0 Å². The first kappa shape index (κ1) is 36.0. The highest BCUT2D eigenvalue weighted by Gasteiger charge is 2.58.